The fraction of sp³-hybridized carbons (Fsp3) is 0.103. The van der Waals surface area contributed by atoms with Crippen molar-refractivity contribution in [1.82, 2.24) is 28.1 Å². The van der Waals surface area contributed by atoms with Crippen molar-refractivity contribution in [2.24, 2.45) is 0 Å². The number of aromatic nitrogens is 4. The molecule has 0 fully saturated rings. The van der Waals surface area contributed by atoms with Crippen LogP contribution in [0.1, 0.15) is 82.9 Å². The second-order valence-corrected chi connectivity index (χ2v) is 19.4. The average Bonchev–Trinajstić information content (AvgIpc) is 1.65. The number of nitrogens with zero attached hydrogens (tertiary/aromatic N) is 6. The van der Waals surface area contributed by atoms with Gasteiger partial charge in [-0.15, -0.1) is 0 Å². The SMILES string of the molecule is C=CC(=O)OCCOC(=O)c1cc2c(cc1C(=O)O)C(=O)N(Cn1c(=O)c3cc4c(=O)n(-c5cc(O)cc(-n6c(=O)c7cc8c(=O)n(CN9C(=O)c%10cc(C(=O)O)c(C(=O)OCCOC(=O)C=C)cc%10C9=O)c(=O)c8cc7c6=O)c5)c(=O)c4cc3c1=O)C2=O. The maximum atomic E-state index is 14.1. The number of carbonyl (C=O) groups excluding carboxylic acids is 8. The average molecular weight is 1210 g/mol. The van der Waals surface area contributed by atoms with Crippen molar-refractivity contribution in [3.8, 4) is 17.1 Å². The monoisotopic (exact) mass is 1210 g/mol. The molecule has 0 saturated carbocycles. The van der Waals surface area contributed by atoms with Crippen LogP contribution in [0.15, 0.2) is 130 Å². The molecule has 0 spiro atoms. The number of aromatic hydroxyl groups is 1. The number of carboxylic acid groups (broad SMARTS) is 2. The molecule has 0 aliphatic carbocycles. The van der Waals surface area contributed by atoms with Crippen molar-refractivity contribution in [3.63, 3.8) is 0 Å². The summed E-state index contributed by atoms with van der Waals surface area (Å²) < 4.78 is 21.1. The van der Waals surface area contributed by atoms with E-state index in [-0.39, 0.29) is 0 Å². The van der Waals surface area contributed by atoms with Crippen LogP contribution >= 0.6 is 0 Å². The summed E-state index contributed by atoms with van der Waals surface area (Å²) in [4.78, 5) is 240. The van der Waals surface area contributed by atoms with Gasteiger partial charge in [0.2, 0.25) is 0 Å². The fourth-order valence-electron chi connectivity index (χ4n) is 10.3. The van der Waals surface area contributed by atoms with Crippen LogP contribution in [0.2, 0.25) is 0 Å². The number of ether oxygens (including phenoxy) is 4. The quantitative estimate of drug-likeness (QED) is 0.0320. The Balaban J connectivity index is 0.871. The standard InChI is InChI=1S/C58H32N6O25/c1-3-41(66)86-5-7-88-57(84)39-18-31-29(16-37(39)55(80)81)47(72)61(49(31)74)20-59-43(68)25-12-33-34(13-26(25)44(59)69)52(77)63(51(33)76)22-9-23(11-24(65)10-22)64-53(78)35-14-27-28(15-36(35)54(64)79)46(71)60(45(27)70)21-62-48(73)30-17-38(56(82)83)40(19-32(30)50(62)75)58(85)89-8-6-87-42(67)4-2/h3-4,9-19,65H,1-2,5-8,20-21H2,(H,80,81)(H,82,83). The molecule has 11 rings (SSSR count). The molecule has 0 saturated heterocycles. The number of amides is 4. The van der Waals surface area contributed by atoms with Crippen LogP contribution in [-0.4, -0.2) is 129 Å². The molecule has 5 aromatic carbocycles. The summed E-state index contributed by atoms with van der Waals surface area (Å²) in [6.45, 7) is 2.22. The fourth-order valence-corrected chi connectivity index (χ4v) is 10.3. The van der Waals surface area contributed by atoms with Gasteiger partial charge in [-0.05, 0) is 54.6 Å². The van der Waals surface area contributed by atoms with Gasteiger partial charge in [0, 0.05) is 24.3 Å². The number of phenolic OH excluding ortho intramolecular Hbond substituents is 1. The van der Waals surface area contributed by atoms with Crippen LogP contribution in [-0.2, 0) is 41.9 Å². The van der Waals surface area contributed by atoms with E-state index in [1.54, 1.807) is 0 Å². The molecular formula is C58H32N6O25. The first kappa shape index (κ1) is 57.8. The smallest absolute Gasteiger partial charge is 0.339 e. The van der Waals surface area contributed by atoms with Crippen molar-refractivity contribution in [2.75, 3.05) is 26.4 Å². The molecule has 2 aliphatic rings. The molecule has 3 N–H and O–H groups in total. The molecule has 0 atom stereocenters. The summed E-state index contributed by atoms with van der Waals surface area (Å²) >= 11 is 0. The summed E-state index contributed by atoms with van der Waals surface area (Å²) in [5.41, 5.74) is -15.3. The van der Waals surface area contributed by atoms with Crippen LogP contribution in [0.5, 0.6) is 5.75 Å². The van der Waals surface area contributed by atoms with Crippen LogP contribution in [0.25, 0.3) is 54.5 Å². The molecule has 89 heavy (non-hydrogen) atoms. The number of benzene rings is 5. The highest BCUT2D eigenvalue weighted by Gasteiger charge is 2.41. The van der Waals surface area contributed by atoms with Crippen molar-refractivity contribution >= 4 is 103 Å². The van der Waals surface area contributed by atoms with Gasteiger partial charge in [0.1, 0.15) is 45.5 Å². The summed E-state index contributed by atoms with van der Waals surface area (Å²) in [5, 5.41) is 26.8. The molecule has 4 aromatic heterocycles. The summed E-state index contributed by atoms with van der Waals surface area (Å²) in [7, 11) is 0. The van der Waals surface area contributed by atoms with Crippen LogP contribution < -0.4 is 44.5 Å². The molecule has 4 amide bonds. The van der Waals surface area contributed by atoms with E-state index in [0.29, 0.717) is 40.2 Å². The van der Waals surface area contributed by atoms with Crippen LogP contribution in [0.3, 0.4) is 0 Å². The Kier molecular flexibility index (Phi) is 13.8. The zero-order chi connectivity index (χ0) is 64.1. The van der Waals surface area contributed by atoms with E-state index in [0.717, 1.165) is 66.7 Å². The minimum absolute atomic E-state index is 0.396. The Labute approximate surface area is 487 Å². The van der Waals surface area contributed by atoms with Gasteiger partial charge in [-0.2, -0.15) is 0 Å². The Hall–Kier alpha value is -13.0. The highest BCUT2D eigenvalue weighted by atomic mass is 16.6. The van der Waals surface area contributed by atoms with Gasteiger partial charge in [-0.25, -0.2) is 37.9 Å². The van der Waals surface area contributed by atoms with E-state index in [4.69, 9.17) is 18.9 Å². The molecule has 9 aromatic rings. The lowest BCUT2D eigenvalue weighted by Gasteiger charge is -2.13. The van der Waals surface area contributed by atoms with Gasteiger partial charge in [-0.1, -0.05) is 13.2 Å². The van der Waals surface area contributed by atoms with E-state index < -0.39 is 248 Å². The second kappa shape index (κ2) is 21.3. The lowest BCUT2D eigenvalue weighted by Crippen LogP contribution is -2.39. The lowest BCUT2D eigenvalue weighted by molar-refractivity contribution is -0.139. The van der Waals surface area contributed by atoms with E-state index in [1.807, 2.05) is 0 Å². The number of phenols is 1. The Morgan fingerprint density at radius 3 is 0.921 bits per heavy atom. The minimum atomic E-state index is -1.72. The third-order valence-electron chi connectivity index (χ3n) is 14.5. The van der Waals surface area contributed by atoms with Gasteiger partial charge >= 0.3 is 35.8 Å². The first-order valence-corrected chi connectivity index (χ1v) is 25.5. The maximum Gasteiger partial charge on any atom is 0.339 e. The molecule has 2 aliphatic heterocycles. The number of esters is 4. The highest BCUT2D eigenvalue weighted by Crippen LogP contribution is 2.31. The number of imide groups is 2. The first-order chi connectivity index (χ1) is 42.3. The molecule has 0 unspecified atom stereocenters. The molecule has 6 heterocycles. The zero-order valence-electron chi connectivity index (χ0n) is 44.7. The maximum absolute atomic E-state index is 14.1. The lowest BCUT2D eigenvalue weighted by atomic mass is 9.99. The van der Waals surface area contributed by atoms with Crippen molar-refractivity contribution in [2.45, 2.75) is 13.3 Å². The number of fused-ring (bicyclic) bond motifs is 6. The van der Waals surface area contributed by atoms with Crippen LogP contribution in [0.4, 0.5) is 0 Å². The highest BCUT2D eigenvalue weighted by molar-refractivity contribution is 6.24. The van der Waals surface area contributed by atoms with E-state index in [1.165, 1.54) is 0 Å². The van der Waals surface area contributed by atoms with Gasteiger partial charge in [0.15, 0.2) is 0 Å². The van der Waals surface area contributed by atoms with E-state index in [2.05, 4.69) is 13.2 Å². The van der Waals surface area contributed by atoms with Gasteiger partial charge < -0.3 is 34.3 Å². The number of carboxylic acids is 2. The summed E-state index contributed by atoms with van der Waals surface area (Å²) in [6, 6.07) is 9.17. The summed E-state index contributed by atoms with van der Waals surface area (Å²) in [6.07, 6.45) is 1.67. The predicted molar refractivity (Wildman–Crippen MR) is 298 cm³/mol. The Bertz CT molecular complexity index is 4880. The van der Waals surface area contributed by atoms with Crippen molar-refractivity contribution < 1.29 is 82.2 Å². The number of hydrogen-bond donors (Lipinski definition) is 3. The molecule has 0 bridgehead atoms. The topological polar surface area (TPSA) is 431 Å². The number of aromatic carboxylic acids is 2. The van der Waals surface area contributed by atoms with Gasteiger partial charge in [0.25, 0.3) is 68.1 Å². The number of rotatable bonds is 18. The molecule has 31 nitrogen and oxygen atoms in total. The molecule has 31 heteroatoms. The summed E-state index contributed by atoms with van der Waals surface area (Å²) in [5.74, 6) is -13.2. The number of hydrogen-bond acceptors (Lipinski definition) is 23. The van der Waals surface area contributed by atoms with Crippen molar-refractivity contribution in [3.05, 3.63) is 219 Å². The van der Waals surface area contributed by atoms with Gasteiger partial charge in [0.05, 0.1) is 99.0 Å². The van der Waals surface area contributed by atoms with Gasteiger partial charge in [-0.3, -0.25) is 76.5 Å². The van der Waals surface area contributed by atoms with E-state index in [9.17, 15) is 102 Å². The van der Waals surface area contributed by atoms with E-state index >= 15 is 0 Å². The normalized spacial score (nSPS) is 12.8. The second-order valence-electron chi connectivity index (χ2n) is 19.4. The third-order valence-corrected chi connectivity index (χ3v) is 14.5. The first-order valence-electron chi connectivity index (χ1n) is 25.5. The van der Waals surface area contributed by atoms with Crippen LogP contribution in [0, 0.1) is 0 Å². The third kappa shape index (κ3) is 9.16. The van der Waals surface area contributed by atoms with Crippen molar-refractivity contribution in [1.29, 1.82) is 0 Å². The largest absolute Gasteiger partial charge is 0.508 e. The number of carbonyl (C=O) groups is 10. The predicted octanol–water partition coefficient (Wildman–Crippen LogP) is -0.502. The Morgan fingerprint density at radius 1 is 0.371 bits per heavy atom. The molecular weight excluding hydrogens is 1180 g/mol. The molecule has 0 radical (unpaired) electrons. The Morgan fingerprint density at radius 2 is 0.640 bits per heavy atom. The molecule has 444 valence electrons. The minimum Gasteiger partial charge on any atom is -0.508 e. The zero-order valence-corrected chi connectivity index (χ0v) is 44.7.